The first kappa shape index (κ1) is 20.7. The molecule has 1 unspecified atom stereocenters. The Morgan fingerprint density at radius 1 is 0.882 bits per heavy atom. The van der Waals surface area contributed by atoms with Crippen molar-refractivity contribution in [3.05, 3.63) is 94.2 Å². The van der Waals surface area contributed by atoms with E-state index in [4.69, 9.17) is 14.5 Å². The molecule has 3 aromatic carbocycles. The Morgan fingerprint density at radius 2 is 1.65 bits per heavy atom. The van der Waals surface area contributed by atoms with Crippen molar-refractivity contribution in [2.75, 3.05) is 18.0 Å². The maximum Gasteiger partial charge on any atom is 0.340 e. The van der Waals surface area contributed by atoms with E-state index < -0.39 is 5.60 Å². The Bertz CT molecular complexity index is 1490. The van der Waals surface area contributed by atoms with Gasteiger partial charge in [-0.15, -0.1) is 0 Å². The minimum Gasteiger partial charge on any atom is -0.456 e. The van der Waals surface area contributed by atoms with Crippen LogP contribution in [0, 0.1) is 13.8 Å². The predicted molar refractivity (Wildman–Crippen MR) is 133 cm³/mol. The molecule has 5 heteroatoms. The molecule has 1 atom stereocenters. The molecule has 6 rings (SSSR count). The van der Waals surface area contributed by atoms with Gasteiger partial charge in [0.15, 0.2) is 5.60 Å². The van der Waals surface area contributed by atoms with Crippen LogP contribution in [0.5, 0.6) is 11.5 Å². The van der Waals surface area contributed by atoms with E-state index in [1.54, 1.807) is 0 Å². The third kappa shape index (κ3) is 2.73. The molecule has 0 fully saturated rings. The summed E-state index contributed by atoms with van der Waals surface area (Å²) in [5.41, 5.74) is 6.06. The molecule has 0 saturated carbocycles. The fourth-order valence-electron chi connectivity index (χ4n) is 5.50. The summed E-state index contributed by atoms with van der Waals surface area (Å²) in [6.45, 7) is 10.1. The van der Waals surface area contributed by atoms with E-state index in [0.717, 1.165) is 57.6 Å². The van der Waals surface area contributed by atoms with Crippen LogP contribution in [0.3, 0.4) is 0 Å². The topological polar surface area (TPSA) is 51.7 Å². The van der Waals surface area contributed by atoms with Gasteiger partial charge in [0.2, 0.25) is 0 Å². The largest absolute Gasteiger partial charge is 0.456 e. The van der Waals surface area contributed by atoms with Crippen molar-refractivity contribution in [3.8, 4) is 11.5 Å². The zero-order valence-corrected chi connectivity index (χ0v) is 19.8. The molecule has 2 aliphatic rings. The molecule has 1 aromatic heterocycles. The minimum atomic E-state index is -1.07. The molecule has 0 N–H and O–H groups in total. The molecule has 0 saturated heterocycles. The number of aromatic nitrogens is 1. The predicted octanol–water partition coefficient (Wildman–Crippen LogP) is 6.27. The van der Waals surface area contributed by atoms with E-state index in [9.17, 15) is 4.79 Å². The zero-order chi connectivity index (χ0) is 23.6. The SMILES string of the molecule is CCN(CC)c1ccc2c(c1)Oc1cc3nc(C)cc(C)c3cc1C21OC(=O)c2ccccc21. The third-order valence-corrected chi connectivity index (χ3v) is 7.09. The van der Waals surface area contributed by atoms with E-state index in [1.807, 2.05) is 43.3 Å². The first-order chi connectivity index (χ1) is 16.5. The normalized spacial score (nSPS) is 17.7. The number of carbonyl (C=O) groups is 1. The van der Waals surface area contributed by atoms with Gasteiger partial charge in [-0.25, -0.2) is 4.79 Å². The zero-order valence-electron chi connectivity index (χ0n) is 19.8. The number of aryl methyl sites for hydroxylation is 2. The molecule has 2 aliphatic heterocycles. The van der Waals surface area contributed by atoms with Crippen LogP contribution in [-0.4, -0.2) is 24.0 Å². The number of fused-ring (bicyclic) bond motifs is 7. The molecular weight excluding hydrogens is 424 g/mol. The minimum absolute atomic E-state index is 0.318. The number of pyridine rings is 1. The molecule has 3 heterocycles. The van der Waals surface area contributed by atoms with Crippen molar-refractivity contribution >= 4 is 22.6 Å². The molecule has 0 radical (unpaired) electrons. The quantitative estimate of drug-likeness (QED) is 0.345. The molecule has 0 bridgehead atoms. The number of carbonyl (C=O) groups excluding carboxylic acids is 1. The van der Waals surface area contributed by atoms with Crippen LogP contribution in [0.15, 0.2) is 60.7 Å². The lowest BCUT2D eigenvalue weighted by Gasteiger charge is -2.37. The smallest absolute Gasteiger partial charge is 0.340 e. The van der Waals surface area contributed by atoms with Crippen molar-refractivity contribution in [3.63, 3.8) is 0 Å². The first-order valence-corrected chi connectivity index (χ1v) is 11.8. The fourth-order valence-corrected chi connectivity index (χ4v) is 5.50. The highest BCUT2D eigenvalue weighted by Gasteiger charge is 2.53. The second-order valence-electron chi connectivity index (χ2n) is 9.02. The van der Waals surface area contributed by atoms with Crippen molar-refractivity contribution in [1.82, 2.24) is 4.98 Å². The van der Waals surface area contributed by atoms with Crippen LogP contribution in [0.25, 0.3) is 10.9 Å². The molecule has 0 aliphatic carbocycles. The highest BCUT2D eigenvalue weighted by atomic mass is 16.6. The van der Waals surface area contributed by atoms with Crippen molar-refractivity contribution in [2.24, 2.45) is 0 Å². The van der Waals surface area contributed by atoms with Crippen LogP contribution >= 0.6 is 0 Å². The number of hydrogen-bond acceptors (Lipinski definition) is 5. The summed E-state index contributed by atoms with van der Waals surface area (Å²) < 4.78 is 12.8. The standard InChI is InChI=1S/C29H26N2O3/c1-5-31(6-2)19-11-12-23-26(14-19)33-27-16-25-21(17(3)13-18(4)30-25)15-24(27)29(23)22-10-8-7-9-20(22)28(32)34-29/h7-16H,5-6H2,1-4H3. The Labute approximate surface area is 199 Å². The molecule has 5 nitrogen and oxygen atoms in total. The summed E-state index contributed by atoms with van der Waals surface area (Å²) in [5.74, 6) is 1.05. The van der Waals surface area contributed by atoms with Gasteiger partial charge in [0, 0.05) is 58.7 Å². The monoisotopic (exact) mass is 450 g/mol. The lowest BCUT2D eigenvalue weighted by Crippen LogP contribution is -2.33. The number of hydrogen-bond donors (Lipinski definition) is 0. The van der Waals surface area contributed by atoms with Gasteiger partial charge < -0.3 is 14.4 Å². The second-order valence-corrected chi connectivity index (χ2v) is 9.02. The Balaban J connectivity index is 1.69. The lowest BCUT2D eigenvalue weighted by molar-refractivity contribution is 0.0225. The molecule has 170 valence electrons. The summed E-state index contributed by atoms with van der Waals surface area (Å²) in [4.78, 5) is 20.1. The number of esters is 1. The van der Waals surface area contributed by atoms with Gasteiger partial charge in [0.1, 0.15) is 11.5 Å². The fraction of sp³-hybridized carbons (Fsp3) is 0.241. The molecule has 4 aromatic rings. The summed E-state index contributed by atoms with van der Waals surface area (Å²) in [5, 5.41) is 1.02. The maximum atomic E-state index is 13.1. The first-order valence-electron chi connectivity index (χ1n) is 11.8. The Hall–Kier alpha value is -3.86. The summed E-state index contributed by atoms with van der Waals surface area (Å²) >= 11 is 0. The van der Waals surface area contributed by atoms with Gasteiger partial charge in [0.05, 0.1) is 11.1 Å². The number of anilines is 1. The molecule has 0 amide bonds. The van der Waals surface area contributed by atoms with E-state index >= 15 is 0 Å². The molecule has 34 heavy (non-hydrogen) atoms. The molecule has 1 spiro atoms. The van der Waals surface area contributed by atoms with Gasteiger partial charge in [-0.2, -0.15) is 0 Å². The van der Waals surface area contributed by atoms with Crippen LogP contribution in [-0.2, 0) is 10.3 Å². The van der Waals surface area contributed by atoms with Crippen molar-refractivity contribution < 1.29 is 14.3 Å². The van der Waals surface area contributed by atoms with E-state index in [0.29, 0.717) is 17.1 Å². The second kappa shape index (κ2) is 7.32. The number of rotatable bonds is 3. The van der Waals surface area contributed by atoms with Crippen LogP contribution in [0.1, 0.15) is 52.2 Å². The maximum absolute atomic E-state index is 13.1. The van der Waals surface area contributed by atoms with Gasteiger partial charge in [-0.1, -0.05) is 18.2 Å². The lowest BCUT2D eigenvalue weighted by atomic mass is 9.77. The molecular formula is C29H26N2O3. The summed E-state index contributed by atoms with van der Waals surface area (Å²) in [6, 6.07) is 20.0. The number of ether oxygens (including phenoxy) is 2. The highest BCUT2D eigenvalue weighted by Crippen LogP contribution is 2.57. The summed E-state index contributed by atoms with van der Waals surface area (Å²) in [6.07, 6.45) is 0. The highest BCUT2D eigenvalue weighted by molar-refractivity contribution is 5.98. The van der Waals surface area contributed by atoms with E-state index in [-0.39, 0.29) is 5.97 Å². The number of nitrogens with zero attached hydrogens (tertiary/aromatic N) is 2. The van der Waals surface area contributed by atoms with Gasteiger partial charge >= 0.3 is 5.97 Å². The van der Waals surface area contributed by atoms with Crippen LogP contribution in [0.4, 0.5) is 5.69 Å². The van der Waals surface area contributed by atoms with Gasteiger partial charge in [-0.05, 0) is 63.6 Å². The van der Waals surface area contributed by atoms with E-state index in [2.05, 4.69) is 49.9 Å². The van der Waals surface area contributed by atoms with Crippen LogP contribution in [0.2, 0.25) is 0 Å². The number of benzene rings is 3. The average molecular weight is 451 g/mol. The van der Waals surface area contributed by atoms with Gasteiger partial charge in [-0.3, -0.25) is 4.98 Å². The van der Waals surface area contributed by atoms with Crippen molar-refractivity contribution in [1.29, 1.82) is 0 Å². The van der Waals surface area contributed by atoms with Crippen molar-refractivity contribution in [2.45, 2.75) is 33.3 Å². The van der Waals surface area contributed by atoms with Crippen LogP contribution < -0.4 is 9.64 Å². The average Bonchev–Trinajstić information content (AvgIpc) is 3.12. The third-order valence-electron chi connectivity index (χ3n) is 7.09. The van der Waals surface area contributed by atoms with E-state index in [1.165, 1.54) is 0 Å². The van der Waals surface area contributed by atoms with Gasteiger partial charge in [0.25, 0.3) is 0 Å². The Kier molecular flexibility index (Phi) is 4.46. The Morgan fingerprint density at radius 3 is 2.44 bits per heavy atom. The summed E-state index contributed by atoms with van der Waals surface area (Å²) in [7, 11) is 0.